The first-order chi connectivity index (χ1) is 17.5. The standard InChI is InChI=1S/C27H21BrN2O6/c1-33-25-15-19(6-13-23(25)36-27(32)24-3-2-14-34-24)16-29-30-26(31)20-7-11-22(12-8-20)35-17-18-4-9-21(28)10-5-18/h2-16H,17H2,1H3,(H,30,31)/b29-16-. The first-order valence-corrected chi connectivity index (χ1v) is 11.6. The van der Waals surface area contributed by atoms with Crippen LogP contribution in [0.25, 0.3) is 0 Å². The highest BCUT2D eigenvalue weighted by Crippen LogP contribution is 2.28. The summed E-state index contributed by atoms with van der Waals surface area (Å²) in [6, 6.07) is 22.6. The second-order valence-corrected chi connectivity index (χ2v) is 8.33. The summed E-state index contributed by atoms with van der Waals surface area (Å²) >= 11 is 3.40. The normalized spacial score (nSPS) is 10.7. The van der Waals surface area contributed by atoms with Crippen molar-refractivity contribution in [1.82, 2.24) is 5.43 Å². The number of halogens is 1. The maximum Gasteiger partial charge on any atom is 0.379 e. The average Bonchev–Trinajstić information content (AvgIpc) is 3.45. The van der Waals surface area contributed by atoms with Crippen molar-refractivity contribution in [2.75, 3.05) is 7.11 Å². The molecule has 0 radical (unpaired) electrons. The Labute approximate surface area is 215 Å². The molecule has 4 aromatic rings. The van der Waals surface area contributed by atoms with Crippen molar-refractivity contribution in [3.8, 4) is 17.2 Å². The zero-order chi connectivity index (χ0) is 25.3. The third-order valence-corrected chi connectivity index (χ3v) is 5.46. The maximum absolute atomic E-state index is 12.4. The number of carbonyl (C=O) groups is 2. The van der Waals surface area contributed by atoms with Crippen LogP contribution in [0.1, 0.15) is 32.0 Å². The molecule has 36 heavy (non-hydrogen) atoms. The van der Waals surface area contributed by atoms with Crippen LogP contribution in [-0.4, -0.2) is 25.2 Å². The van der Waals surface area contributed by atoms with Crippen LogP contribution in [-0.2, 0) is 6.61 Å². The Bertz CT molecular complexity index is 1350. The third kappa shape index (κ3) is 6.61. The molecule has 8 nitrogen and oxygen atoms in total. The van der Waals surface area contributed by atoms with E-state index < -0.39 is 5.97 Å². The van der Waals surface area contributed by atoms with Crippen LogP contribution in [0.3, 0.4) is 0 Å². The number of ether oxygens (including phenoxy) is 3. The van der Waals surface area contributed by atoms with Gasteiger partial charge in [0.05, 0.1) is 19.6 Å². The second-order valence-electron chi connectivity index (χ2n) is 7.42. The Balaban J connectivity index is 1.31. The van der Waals surface area contributed by atoms with E-state index in [1.165, 1.54) is 25.7 Å². The Morgan fingerprint density at radius 3 is 2.47 bits per heavy atom. The van der Waals surface area contributed by atoms with Crippen LogP contribution in [0.15, 0.2) is 99.1 Å². The van der Waals surface area contributed by atoms with Crippen molar-refractivity contribution in [3.05, 3.63) is 112 Å². The smallest absolute Gasteiger partial charge is 0.379 e. The first-order valence-electron chi connectivity index (χ1n) is 10.8. The summed E-state index contributed by atoms with van der Waals surface area (Å²) in [5.41, 5.74) is 4.57. The van der Waals surface area contributed by atoms with Crippen LogP contribution in [0.4, 0.5) is 0 Å². The van der Waals surface area contributed by atoms with E-state index in [0.29, 0.717) is 29.2 Å². The molecule has 0 aliphatic rings. The fourth-order valence-electron chi connectivity index (χ4n) is 3.07. The molecule has 0 atom stereocenters. The molecular formula is C27H21BrN2O6. The summed E-state index contributed by atoms with van der Waals surface area (Å²) in [4.78, 5) is 24.5. The molecule has 1 heterocycles. The van der Waals surface area contributed by atoms with Gasteiger partial charge < -0.3 is 18.6 Å². The van der Waals surface area contributed by atoms with E-state index in [-0.39, 0.29) is 17.4 Å². The molecule has 0 unspecified atom stereocenters. The number of esters is 1. The molecule has 3 aromatic carbocycles. The summed E-state index contributed by atoms with van der Waals surface area (Å²) < 4.78 is 22.4. The lowest BCUT2D eigenvalue weighted by Gasteiger charge is -2.09. The molecule has 9 heteroatoms. The van der Waals surface area contributed by atoms with Crippen molar-refractivity contribution in [2.24, 2.45) is 5.10 Å². The van der Waals surface area contributed by atoms with E-state index >= 15 is 0 Å². The van der Waals surface area contributed by atoms with Gasteiger partial charge in [-0.2, -0.15) is 5.10 Å². The molecule has 0 aliphatic heterocycles. The lowest BCUT2D eigenvalue weighted by Crippen LogP contribution is -2.17. The summed E-state index contributed by atoms with van der Waals surface area (Å²) in [6.07, 6.45) is 2.84. The van der Waals surface area contributed by atoms with Crippen LogP contribution >= 0.6 is 15.9 Å². The Morgan fingerprint density at radius 1 is 1.00 bits per heavy atom. The molecule has 1 amide bonds. The van der Waals surface area contributed by atoms with E-state index in [0.717, 1.165) is 10.0 Å². The predicted octanol–water partition coefficient (Wildman–Crippen LogP) is 5.61. The summed E-state index contributed by atoms with van der Waals surface area (Å²) in [5.74, 6) is 0.261. The van der Waals surface area contributed by atoms with Gasteiger partial charge in [0.1, 0.15) is 12.4 Å². The minimum Gasteiger partial charge on any atom is -0.493 e. The van der Waals surface area contributed by atoms with Crippen LogP contribution in [0.5, 0.6) is 17.2 Å². The van der Waals surface area contributed by atoms with E-state index in [1.807, 2.05) is 24.3 Å². The molecular weight excluding hydrogens is 528 g/mol. The number of amides is 1. The molecule has 1 N–H and O–H groups in total. The van der Waals surface area contributed by atoms with Crippen LogP contribution in [0, 0.1) is 0 Å². The SMILES string of the molecule is COc1cc(/C=N\NC(=O)c2ccc(OCc3ccc(Br)cc3)cc2)ccc1OC(=O)c1ccco1. The first kappa shape index (κ1) is 24.7. The van der Waals surface area contributed by atoms with Crippen molar-refractivity contribution >= 4 is 34.0 Å². The quantitative estimate of drug-likeness (QED) is 0.126. The number of hydrogen-bond donors (Lipinski definition) is 1. The van der Waals surface area contributed by atoms with Gasteiger partial charge in [0.25, 0.3) is 5.91 Å². The van der Waals surface area contributed by atoms with Gasteiger partial charge in [-0.25, -0.2) is 10.2 Å². The van der Waals surface area contributed by atoms with Gasteiger partial charge >= 0.3 is 5.97 Å². The Hall–Kier alpha value is -4.37. The molecule has 0 saturated carbocycles. The third-order valence-electron chi connectivity index (χ3n) is 4.93. The number of furan rings is 1. The van der Waals surface area contributed by atoms with E-state index in [2.05, 4.69) is 26.5 Å². The number of carbonyl (C=O) groups excluding carboxylic acids is 2. The molecule has 4 rings (SSSR count). The van der Waals surface area contributed by atoms with E-state index in [4.69, 9.17) is 18.6 Å². The fraction of sp³-hybridized carbons (Fsp3) is 0.0741. The average molecular weight is 549 g/mol. The lowest BCUT2D eigenvalue weighted by molar-refractivity contribution is 0.0696. The van der Waals surface area contributed by atoms with Gasteiger partial charge in [-0.1, -0.05) is 28.1 Å². The number of benzene rings is 3. The van der Waals surface area contributed by atoms with Gasteiger partial charge in [-0.15, -0.1) is 0 Å². The van der Waals surface area contributed by atoms with Crippen molar-refractivity contribution in [1.29, 1.82) is 0 Å². The minimum atomic E-state index is -0.642. The molecule has 0 saturated heterocycles. The number of hydrazone groups is 1. The van der Waals surface area contributed by atoms with Crippen molar-refractivity contribution in [2.45, 2.75) is 6.61 Å². The topological polar surface area (TPSA) is 99.4 Å². The van der Waals surface area contributed by atoms with Gasteiger partial charge in [0, 0.05) is 10.0 Å². The van der Waals surface area contributed by atoms with Gasteiger partial charge in [0.2, 0.25) is 5.76 Å². The van der Waals surface area contributed by atoms with Crippen LogP contribution in [0.2, 0.25) is 0 Å². The molecule has 0 bridgehead atoms. The van der Waals surface area contributed by atoms with E-state index in [9.17, 15) is 9.59 Å². The largest absolute Gasteiger partial charge is 0.493 e. The zero-order valence-corrected chi connectivity index (χ0v) is 20.7. The summed E-state index contributed by atoms with van der Waals surface area (Å²) in [7, 11) is 1.45. The highest BCUT2D eigenvalue weighted by atomic mass is 79.9. The highest BCUT2D eigenvalue weighted by molar-refractivity contribution is 9.10. The maximum atomic E-state index is 12.4. The fourth-order valence-corrected chi connectivity index (χ4v) is 3.34. The molecule has 1 aromatic heterocycles. The van der Waals surface area contributed by atoms with Crippen molar-refractivity contribution in [3.63, 3.8) is 0 Å². The predicted molar refractivity (Wildman–Crippen MR) is 137 cm³/mol. The summed E-state index contributed by atoms with van der Waals surface area (Å²) in [6.45, 7) is 0.424. The lowest BCUT2D eigenvalue weighted by atomic mass is 10.2. The monoisotopic (exact) mass is 548 g/mol. The van der Waals surface area contributed by atoms with Crippen molar-refractivity contribution < 1.29 is 28.2 Å². The summed E-state index contributed by atoms with van der Waals surface area (Å²) in [5, 5.41) is 3.99. The van der Waals surface area contributed by atoms with E-state index in [1.54, 1.807) is 48.5 Å². The Kier molecular flexibility index (Phi) is 8.15. The minimum absolute atomic E-state index is 0.0783. The zero-order valence-electron chi connectivity index (χ0n) is 19.1. The molecule has 0 aliphatic carbocycles. The van der Waals surface area contributed by atoms with Gasteiger partial charge in [-0.05, 0) is 77.9 Å². The number of methoxy groups -OCH3 is 1. The number of nitrogens with zero attached hydrogens (tertiary/aromatic N) is 1. The van der Waals surface area contributed by atoms with Gasteiger partial charge in [0.15, 0.2) is 11.5 Å². The second kappa shape index (κ2) is 11.9. The number of rotatable bonds is 9. The number of hydrogen-bond acceptors (Lipinski definition) is 7. The van der Waals surface area contributed by atoms with Gasteiger partial charge in [-0.3, -0.25) is 4.79 Å². The highest BCUT2D eigenvalue weighted by Gasteiger charge is 2.15. The number of nitrogens with one attached hydrogen (secondary N) is 1. The Morgan fingerprint density at radius 2 is 1.78 bits per heavy atom. The van der Waals surface area contributed by atoms with Crippen LogP contribution < -0.4 is 19.6 Å². The molecule has 0 fully saturated rings. The molecule has 0 spiro atoms. The molecule has 182 valence electrons.